The summed E-state index contributed by atoms with van der Waals surface area (Å²) in [6.45, 7) is 6.76. The van der Waals surface area contributed by atoms with Crippen LogP contribution in [-0.4, -0.2) is 65.0 Å². The number of nitrogens with zero attached hydrogens (tertiary/aromatic N) is 3. The predicted octanol–water partition coefficient (Wildman–Crippen LogP) is 5.58. The van der Waals surface area contributed by atoms with E-state index in [1.54, 1.807) is 12.1 Å². The van der Waals surface area contributed by atoms with Gasteiger partial charge in [0, 0.05) is 41.7 Å². The van der Waals surface area contributed by atoms with Gasteiger partial charge in [-0.2, -0.15) is 13.8 Å². The lowest BCUT2D eigenvalue weighted by Crippen LogP contribution is -2.61. The molecule has 0 saturated carbocycles. The van der Waals surface area contributed by atoms with E-state index in [0.717, 1.165) is 19.0 Å². The molecule has 0 bridgehead atoms. The molecule has 0 aliphatic carbocycles. The third-order valence-corrected chi connectivity index (χ3v) is 7.27. The van der Waals surface area contributed by atoms with Crippen molar-refractivity contribution in [2.24, 2.45) is 0 Å². The normalized spacial score (nSPS) is 20.6. The van der Waals surface area contributed by atoms with Gasteiger partial charge in [-0.25, -0.2) is 9.37 Å². The van der Waals surface area contributed by atoms with E-state index in [4.69, 9.17) is 14.2 Å². The number of ether oxygens (including phenoxy) is 3. The van der Waals surface area contributed by atoms with Gasteiger partial charge in [0.05, 0.1) is 19.4 Å². The molecule has 37 heavy (non-hydrogen) atoms. The Labute approximate surface area is 215 Å². The first-order valence-electron chi connectivity index (χ1n) is 12.6. The summed E-state index contributed by atoms with van der Waals surface area (Å²) in [6, 6.07) is 4.60. The SMILES string of the molecule is CN1C(C)(C)CC(Nc2nc(Nc3ccc(OC4CCOCC4)c(OC(F)F)c3)ncc2F)CC1(C)C. The average Bonchev–Trinajstić information content (AvgIpc) is 2.81. The standard InChI is InChI=1S/C26H36F3N5O3/c1-25(2)13-17(14-26(3,4)34(25)5)31-22-19(27)15-30-24(33-22)32-16-6-7-20(21(12-16)37-23(28)29)36-18-8-10-35-11-9-18/h6-7,12,15,17-18,23H,8-11,13-14H2,1-5H3,(H2,30,31,32,33). The van der Waals surface area contributed by atoms with Crippen molar-refractivity contribution in [3.63, 3.8) is 0 Å². The minimum Gasteiger partial charge on any atom is -0.486 e. The monoisotopic (exact) mass is 523 g/mol. The lowest BCUT2D eigenvalue weighted by atomic mass is 9.77. The maximum absolute atomic E-state index is 14.7. The molecule has 2 N–H and O–H groups in total. The minimum absolute atomic E-state index is 0.00566. The van der Waals surface area contributed by atoms with Gasteiger partial charge in [0.15, 0.2) is 23.1 Å². The van der Waals surface area contributed by atoms with Crippen LogP contribution in [0.3, 0.4) is 0 Å². The van der Waals surface area contributed by atoms with Crippen molar-refractivity contribution in [3.05, 3.63) is 30.2 Å². The van der Waals surface area contributed by atoms with Crippen molar-refractivity contribution in [2.75, 3.05) is 30.9 Å². The minimum atomic E-state index is -3.02. The molecule has 0 amide bonds. The van der Waals surface area contributed by atoms with Crippen LogP contribution in [0.1, 0.15) is 53.4 Å². The Morgan fingerprint density at radius 1 is 1.08 bits per heavy atom. The molecular formula is C26H36F3N5O3. The molecule has 2 aliphatic heterocycles. The largest absolute Gasteiger partial charge is 0.486 e. The van der Waals surface area contributed by atoms with Gasteiger partial charge in [0.1, 0.15) is 6.10 Å². The van der Waals surface area contributed by atoms with Crippen molar-refractivity contribution >= 4 is 17.5 Å². The Kier molecular flexibility index (Phi) is 8.03. The molecule has 3 heterocycles. The van der Waals surface area contributed by atoms with Crippen molar-refractivity contribution in [1.82, 2.24) is 14.9 Å². The van der Waals surface area contributed by atoms with Gasteiger partial charge in [-0.3, -0.25) is 4.90 Å². The fourth-order valence-corrected chi connectivity index (χ4v) is 5.17. The molecule has 204 valence electrons. The van der Waals surface area contributed by atoms with Gasteiger partial charge < -0.3 is 24.8 Å². The van der Waals surface area contributed by atoms with Gasteiger partial charge in [0.25, 0.3) is 0 Å². The summed E-state index contributed by atoms with van der Waals surface area (Å²) >= 11 is 0. The summed E-state index contributed by atoms with van der Waals surface area (Å²) in [5.74, 6) is -0.254. The molecule has 2 fully saturated rings. The third-order valence-electron chi connectivity index (χ3n) is 7.27. The van der Waals surface area contributed by atoms with Crippen LogP contribution in [-0.2, 0) is 4.74 Å². The van der Waals surface area contributed by atoms with Gasteiger partial charge >= 0.3 is 6.61 Å². The molecule has 0 spiro atoms. The van der Waals surface area contributed by atoms with E-state index in [2.05, 4.69) is 60.2 Å². The van der Waals surface area contributed by atoms with Gasteiger partial charge in [-0.1, -0.05) is 0 Å². The molecule has 1 aromatic heterocycles. The lowest BCUT2D eigenvalue weighted by molar-refractivity contribution is -0.0532. The molecule has 11 heteroatoms. The third kappa shape index (κ3) is 6.75. The van der Waals surface area contributed by atoms with E-state index in [1.165, 1.54) is 6.07 Å². The fourth-order valence-electron chi connectivity index (χ4n) is 5.17. The molecule has 2 aliphatic rings. The molecule has 0 radical (unpaired) electrons. The van der Waals surface area contributed by atoms with Crippen LogP contribution in [0.25, 0.3) is 0 Å². The van der Waals surface area contributed by atoms with Gasteiger partial charge in [-0.05, 0) is 59.7 Å². The number of likely N-dealkylation sites (tertiary alicyclic amines) is 1. The molecule has 0 unspecified atom stereocenters. The highest BCUT2D eigenvalue weighted by Gasteiger charge is 2.43. The summed E-state index contributed by atoms with van der Waals surface area (Å²) in [7, 11) is 2.11. The first kappa shape index (κ1) is 27.3. The smallest absolute Gasteiger partial charge is 0.387 e. The number of aromatic nitrogens is 2. The van der Waals surface area contributed by atoms with Crippen molar-refractivity contribution < 1.29 is 27.4 Å². The average molecular weight is 524 g/mol. The predicted molar refractivity (Wildman–Crippen MR) is 135 cm³/mol. The summed E-state index contributed by atoms with van der Waals surface area (Å²) in [5, 5.41) is 6.21. The highest BCUT2D eigenvalue weighted by molar-refractivity contribution is 5.60. The second kappa shape index (κ2) is 10.9. The number of benzene rings is 1. The zero-order valence-corrected chi connectivity index (χ0v) is 22.0. The maximum Gasteiger partial charge on any atom is 0.387 e. The van der Waals surface area contributed by atoms with E-state index >= 15 is 0 Å². The Morgan fingerprint density at radius 2 is 1.76 bits per heavy atom. The molecule has 1 aromatic carbocycles. The maximum atomic E-state index is 14.7. The van der Waals surface area contributed by atoms with Crippen LogP contribution in [0.5, 0.6) is 11.5 Å². The molecule has 2 saturated heterocycles. The number of piperidine rings is 1. The molecule has 8 nitrogen and oxygen atoms in total. The Bertz CT molecular complexity index is 1060. The summed E-state index contributed by atoms with van der Waals surface area (Å²) in [5.41, 5.74) is 0.230. The molecular weight excluding hydrogens is 487 g/mol. The summed E-state index contributed by atoms with van der Waals surface area (Å²) in [4.78, 5) is 10.7. The zero-order valence-electron chi connectivity index (χ0n) is 22.0. The topological polar surface area (TPSA) is 80.8 Å². The van der Waals surface area contributed by atoms with E-state index < -0.39 is 12.4 Å². The highest BCUT2D eigenvalue weighted by Crippen LogP contribution is 2.38. The van der Waals surface area contributed by atoms with Gasteiger partial charge in [0.2, 0.25) is 5.95 Å². The van der Waals surface area contributed by atoms with Crippen molar-refractivity contribution in [3.8, 4) is 11.5 Å². The van der Waals surface area contributed by atoms with Crippen LogP contribution in [0.4, 0.5) is 30.6 Å². The summed E-state index contributed by atoms with van der Waals surface area (Å²) in [6.07, 6.45) is 3.89. The Morgan fingerprint density at radius 3 is 2.41 bits per heavy atom. The number of halogens is 3. The Balaban J connectivity index is 1.50. The second-order valence-corrected chi connectivity index (χ2v) is 10.9. The van der Waals surface area contributed by atoms with Crippen LogP contribution >= 0.6 is 0 Å². The van der Waals surface area contributed by atoms with Crippen molar-refractivity contribution in [2.45, 2.75) is 83.2 Å². The second-order valence-electron chi connectivity index (χ2n) is 10.9. The molecule has 4 rings (SSSR count). The van der Waals surface area contributed by atoms with E-state index in [9.17, 15) is 13.2 Å². The quantitative estimate of drug-likeness (QED) is 0.464. The van der Waals surface area contributed by atoms with Gasteiger partial charge in [-0.15, -0.1) is 0 Å². The zero-order chi connectivity index (χ0) is 26.8. The van der Waals surface area contributed by atoms with Crippen molar-refractivity contribution in [1.29, 1.82) is 0 Å². The lowest BCUT2D eigenvalue weighted by Gasteiger charge is -2.53. The molecule has 2 aromatic rings. The van der Waals surface area contributed by atoms with E-state index in [0.29, 0.717) is 31.7 Å². The van der Waals surface area contributed by atoms with Crippen LogP contribution in [0.15, 0.2) is 24.4 Å². The summed E-state index contributed by atoms with van der Waals surface area (Å²) < 4.78 is 56.8. The number of hydrogen-bond donors (Lipinski definition) is 2. The number of anilines is 3. The number of alkyl halides is 2. The van der Waals surface area contributed by atoms with Crippen LogP contribution in [0, 0.1) is 5.82 Å². The Hall–Kier alpha value is -2.79. The van der Waals surface area contributed by atoms with Crippen LogP contribution in [0.2, 0.25) is 0 Å². The number of nitrogens with one attached hydrogen (secondary N) is 2. The van der Waals surface area contributed by atoms with E-state index in [1.807, 2.05) is 0 Å². The highest BCUT2D eigenvalue weighted by atomic mass is 19.3. The molecule has 0 atom stereocenters. The first-order chi connectivity index (χ1) is 17.4. The van der Waals surface area contributed by atoms with E-state index in [-0.39, 0.29) is 46.5 Å². The first-order valence-corrected chi connectivity index (χ1v) is 12.6. The number of hydrogen-bond acceptors (Lipinski definition) is 8. The van der Waals surface area contributed by atoms with Crippen LogP contribution < -0.4 is 20.1 Å². The fraction of sp³-hybridized carbons (Fsp3) is 0.615. The number of rotatable bonds is 8.